The van der Waals surface area contributed by atoms with Crippen LogP contribution in [0.4, 0.5) is 10.1 Å². The highest BCUT2D eigenvalue weighted by Crippen LogP contribution is 2.39. The van der Waals surface area contributed by atoms with E-state index in [-0.39, 0.29) is 23.5 Å². The minimum absolute atomic E-state index is 0.0413. The molecule has 0 spiro atoms. The van der Waals surface area contributed by atoms with E-state index in [0.29, 0.717) is 35.1 Å². The largest absolute Gasteiger partial charge is 0.478 e. The molecule has 2 aliphatic heterocycles. The molecule has 0 unspecified atom stereocenters. The number of hydrogen-bond donors (Lipinski definition) is 5. The van der Waals surface area contributed by atoms with Gasteiger partial charge in [-0.2, -0.15) is 5.26 Å². The highest BCUT2D eigenvalue weighted by atomic mass is 19.1. The van der Waals surface area contributed by atoms with Crippen LogP contribution < -0.4 is 16.0 Å². The number of rotatable bonds is 11. The number of nitrogens with one attached hydrogen (secondary N) is 3. The van der Waals surface area contributed by atoms with Crippen LogP contribution in [0.1, 0.15) is 62.5 Å². The summed E-state index contributed by atoms with van der Waals surface area (Å²) in [5.41, 5.74) is 2.14. The van der Waals surface area contributed by atoms with Gasteiger partial charge in [0.25, 0.3) is 0 Å². The molecule has 1 saturated heterocycles. The van der Waals surface area contributed by atoms with Crippen LogP contribution in [0.5, 0.6) is 0 Å². The van der Waals surface area contributed by atoms with Crippen molar-refractivity contribution in [1.82, 2.24) is 15.5 Å². The third-order valence-corrected chi connectivity index (χ3v) is 8.03. The lowest BCUT2D eigenvalue weighted by Gasteiger charge is -2.32. The van der Waals surface area contributed by atoms with Gasteiger partial charge in [-0.15, -0.1) is 0 Å². The number of piperidine rings is 1. The Kier molecular flexibility index (Phi) is 10.5. The summed E-state index contributed by atoms with van der Waals surface area (Å²) >= 11 is 0. The van der Waals surface area contributed by atoms with Crippen LogP contribution in [0.2, 0.25) is 0 Å². The second-order valence-corrected chi connectivity index (χ2v) is 10.8. The number of anilines is 1. The van der Waals surface area contributed by atoms with Gasteiger partial charge in [0.15, 0.2) is 6.19 Å². The van der Waals surface area contributed by atoms with Gasteiger partial charge in [0.05, 0.1) is 22.8 Å². The summed E-state index contributed by atoms with van der Waals surface area (Å²) in [5, 5.41) is 37.2. The average molecular weight is 589 g/mol. The van der Waals surface area contributed by atoms with E-state index in [1.165, 1.54) is 23.8 Å². The lowest BCUT2D eigenvalue weighted by atomic mass is 9.80. The van der Waals surface area contributed by atoms with E-state index in [1.54, 1.807) is 13.8 Å². The number of likely N-dealkylation sites (tertiary alicyclic amines) is 1. The Balaban J connectivity index is 1.38. The van der Waals surface area contributed by atoms with E-state index in [4.69, 9.17) is 0 Å². The van der Waals surface area contributed by atoms with Gasteiger partial charge in [-0.25, -0.2) is 14.0 Å². The molecule has 10 nitrogen and oxygen atoms in total. The average Bonchev–Trinajstić information content (AvgIpc) is 2.98. The van der Waals surface area contributed by atoms with Crippen LogP contribution in [-0.4, -0.2) is 59.2 Å². The lowest BCUT2D eigenvalue weighted by Crippen LogP contribution is -2.34. The standard InChI is InChI=1S/C32H37FN6O4/c1-20-28(31(40)41)30(29(32(42)43)21(2)38-20)24-10-11-25(33)26(17-24)36-19-37-27(35-18-34)9-6-14-39-15-12-23(13-16-39)22-7-4-3-5-8-22/h3-5,7-8,10-11,17,23,30,36,38H,6,9,12-16,19H2,1-2H3,(H,35,37)(H,40,41)(H,42,43). The number of carbonyl (C=O) groups is 2. The molecule has 43 heavy (non-hydrogen) atoms. The molecule has 4 rings (SSSR count). The Bertz CT molecular complexity index is 1440. The maximum absolute atomic E-state index is 14.8. The minimum Gasteiger partial charge on any atom is -0.478 e. The molecule has 0 amide bonds. The first-order valence-electron chi connectivity index (χ1n) is 14.3. The molecule has 2 aromatic rings. The second-order valence-electron chi connectivity index (χ2n) is 10.8. The third-order valence-electron chi connectivity index (χ3n) is 8.03. The number of halogens is 1. The van der Waals surface area contributed by atoms with Gasteiger partial charge in [-0.1, -0.05) is 36.4 Å². The highest BCUT2D eigenvalue weighted by molar-refractivity contribution is 5.98. The van der Waals surface area contributed by atoms with Crippen molar-refractivity contribution in [3.05, 3.63) is 88.0 Å². The molecule has 0 saturated carbocycles. The van der Waals surface area contributed by atoms with Crippen molar-refractivity contribution < 1.29 is 24.2 Å². The monoisotopic (exact) mass is 588 g/mol. The van der Waals surface area contributed by atoms with Crippen molar-refractivity contribution in [3.63, 3.8) is 0 Å². The molecule has 11 heteroatoms. The van der Waals surface area contributed by atoms with Crippen LogP contribution in [0, 0.1) is 17.3 Å². The fraction of sp³-hybridized carbons (Fsp3) is 0.375. The van der Waals surface area contributed by atoms with Crippen molar-refractivity contribution in [1.29, 1.82) is 5.26 Å². The van der Waals surface area contributed by atoms with Gasteiger partial charge < -0.3 is 25.7 Å². The quantitative estimate of drug-likeness (QED) is 0.109. The first-order chi connectivity index (χ1) is 20.7. The van der Waals surface area contributed by atoms with Gasteiger partial charge in [0.2, 0.25) is 0 Å². The van der Waals surface area contributed by atoms with Crippen molar-refractivity contribution in [2.75, 3.05) is 31.6 Å². The van der Waals surface area contributed by atoms with Gasteiger partial charge >= 0.3 is 11.9 Å². The van der Waals surface area contributed by atoms with Crippen molar-refractivity contribution in [3.8, 4) is 6.19 Å². The highest BCUT2D eigenvalue weighted by Gasteiger charge is 2.36. The second kappa shape index (κ2) is 14.5. The van der Waals surface area contributed by atoms with Gasteiger partial charge in [0.1, 0.15) is 18.3 Å². The predicted molar refractivity (Wildman–Crippen MR) is 162 cm³/mol. The van der Waals surface area contributed by atoms with Gasteiger partial charge in [-0.3, -0.25) is 10.3 Å². The van der Waals surface area contributed by atoms with E-state index in [1.807, 2.05) is 12.3 Å². The minimum atomic E-state index is -1.27. The molecule has 226 valence electrons. The first kappa shape index (κ1) is 31.3. The Morgan fingerprint density at radius 2 is 1.70 bits per heavy atom. The molecule has 2 aromatic carbocycles. The Labute approximate surface area is 250 Å². The zero-order chi connectivity index (χ0) is 30.9. The molecule has 0 aromatic heterocycles. The smallest absolute Gasteiger partial charge is 0.334 e. The summed E-state index contributed by atoms with van der Waals surface area (Å²) in [4.78, 5) is 31.0. The van der Waals surface area contributed by atoms with Crippen LogP contribution in [0.25, 0.3) is 0 Å². The van der Waals surface area contributed by atoms with Gasteiger partial charge in [-0.05, 0) is 81.9 Å². The van der Waals surface area contributed by atoms with Crippen molar-refractivity contribution in [2.24, 2.45) is 4.99 Å². The number of carboxylic acids is 2. The number of hydrogen-bond acceptors (Lipinski definition) is 7. The number of aliphatic imine (C=N–C) groups is 1. The number of amidine groups is 1. The summed E-state index contributed by atoms with van der Waals surface area (Å²) in [6.07, 6.45) is 5.48. The zero-order valence-electron chi connectivity index (χ0n) is 24.4. The molecule has 5 N–H and O–H groups in total. The van der Waals surface area contributed by atoms with E-state index in [0.717, 1.165) is 38.9 Å². The number of allylic oxidation sites excluding steroid dienone is 2. The fourth-order valence-corrected chi connectivity index (χ4v) is 5.90. The van der Waals surface area contributed by atoms with Gasteiger partial charge in [0, 0.05) is 17.8 Å². The Morgan fingerprint density at radius 1 is 1.05 bits per heavy atom. The van der Waals surface area contributed by atoms with Crippen molar-refractivity contribution in [2.45, 2.75) is 51.4 Å². The number of carboxylic acid groups (broad SMARTS) is 2. The molecule has 0 atom stereocenters. The Morgan fingerprint density at radius 3 is 2.30 bits per heavy atom. The number of nitriles is 1. The Hall–Kier alpha value is -4.69. The van der Waals surface area contributed by atoms with Crippen LogP contribution >= 0.6 is 0 Å². The number of dihydropyridines is 1. The van der Waals surface area contributed by atoms with E-state index in [9.17, 15) is 29.5 Å². The number of aliphatic carboxylic acids is 2. The van der Waals surface area contributed by atoms with Crippen LogP contribution in [0.3, 0.4) is 0 Å². The van der Waals surface area contributed by atoms with Crippen LogP contribution in [0.15, 0.2) is 76.1 Å². The normalized spacial score (nSPS) is 16.9. The molecule has 2 aliphatic rings. The molecular formula is C32H37FN6O4. The van der Waals surface area contributed by atoms with E-state index < -0.39 is 23.7 Å². The van der Waals surface area contributed by atoms with Crippen LogP contribution in [-0.2, 0) is 9.59 Å². The fourth-order valence-electron chi connectivity index (χ4n) is 5.90. The maximum atomic E-state index is 14.8. The molecular weight excluding hydrogens is 551 g/mol. The molecule has 1 fully saturated rings. The zero-order valence-corrected chi connectivity index (χ0v) is 24.4. The number of nitrogens with zero attached hydrogens (tertiary/aromatic N) is 3. The lowest BCUT2D eigenvalue weighted by molar-refractivity contribution is -0.133. The third kappa shape index (κ3) is 7.78. The first-order valence-corrected chi connectivity index (χ1v) is 14.3. The molecule has 2 heterocycles. The predicted octanol–water partition coefficient (Wildman–Crippen LogP) is 4.73. The SMILES string of the molecule is CC1=C(C(=O)O)C(c2ccc(F)c(NCN=C(CCCN3CCC(c4ccccc4)CC3)NC#N)c2)C(C(=O)O)=C(C)N1. The topological polar surface area (TPSA) is 150 Å². The summed E-state index contributed by atoms with van der Waals surface area (Å²) < 4.78 is 14.8. The summed E-state index contributed by atoms with van der Waals surface area (Å²) in [6, 6.07) is 14.5. The van der Waals surface area contributed by atoms with E-state index >= 15 is 0 Å². The van der Waals surface area contributed by atoms with E-state index in [2.05, 4.69) is 50.1 Å². The summed E-state index contributed by atoms with van der Waals surface area (Å²) in [6.45, 7) is 6.00. The summed E-state index contributed by atoms with van der Waals surface area (Å²) in [5.74, 6) is -3.18. The molecule has 0 radical (unpaired) electrons. The molecule has 0 aliphatic carbocycles. The maximum Gasteiger partial charge on any atom is 0.334 e. The number of benzene rings is 2. The summed E-state index contributed by atoms with van der Waals surface area (Å²) in [7, 11) is 0. The van der Waals surface area contributed by atoms with Crippen molar-refractivity contribution >= 4 is 23.5 Å². The molecule has 0 bridgehead atoms.